The number of aliphatic imine (C=N–C) groups is 1. The molecule has 2 aliphatic carbocycles. The number of benzene rings is 1. The smallest absolute Gasteiger partial charge is 0.123 e. The summed E-state index contributed by atoms with van der Waals surface area (Å²) in [5, 5.41) is 10.4. The zero-order valence-electron chi connectivity index (χ0n) is 13.6. The maximum absolute atomic E-state index is 13.2. The first-order valence-corrected chi connectivity index (χ1v) is 8.40. The number of aliphatic hydroxyl groups excluding tert-OH is 1. The second-order valence-corrected chi connectivity index (χ2v) is 7.36. The average Bonchev–Trinajstić information content (AvgIpc) is 2.82. The van der Waals surface area contributed by atoms with Gasteiger partial charge in [0.2, 0.25) is 0 Å². The Labute approximate surface area is 136 Å². The predicted molar refractivity (Wildman–Crippen MR) is 89.9 cm³/mol. The van der Waals surface area contributed by atoms with Crippen LogP contribution in [-0.4, -0.2) is 17.4 Å². The standard InChI is InChI=1S/C20H22FNO/c1-12-17-9-15-5-8-18(23)20(15,2)10-14(17)11-22-19(12)13-3-6-16(21)7-4-13/h3-4,6-7,9,11-12,18-19,23H,5,8,10H2,1-2H3/t12-,18?,19?,20?/m1/s1. The molecule has 2 nitrogen and oxygen atoms in total. The summed E-state index contributed by atoms with van der Waals surface area (Å²) in [6.07, 6.45) is 6.75. The molecular formula is C20H22FNO. The van der Waals surface area contributed by atoms with Crippen molar-refractivity contribution in [1.29, 1.82) is 0 Å². The van der Waals surface area contributed by atoms with Gasteiger partial charge in [0, 0.05) is 17.5 Å². The molecule has 4 atom stereocenters. The molecule has 120 valence electrons. The maximum Gasteiger partial charge on any atom is 0.123 e. The normalized spacial score (nSPS) is 35.8. The number of hydrogen-bond acceptors (Lipinski definition) is 2. The molecule has 3 heteroatoms. The monoisotopic (exact) mass is 311 g/mol. The molecule has 4 rings (SSSR count). The van der Waals surface area contributed by atoms with Crippen LogP contribution in [0.15, 0.2) is 52.1 Å². The number of hydrogen-bond donors (Lipinski definition) is 1. The Morgan fingerprint density at radius 3 is 2.74 bits per heavy atom. The summed E-state index contributed by atoms with van der Waals surface area (Å²) in [5.74, 6) is 0.0619. The van der Waals surface area contributed by atoms with E-state index < -0.39 is 0 Å². The number of fused-ring (bicyclic) bond motifs is 1. The fourth-order valence-corrected chi connectivity index (χ4v) is 4.41. The van der Waals surface area contributed by atoms with Crippen LogP contribution in [0.3, 0.4) is 0 Å². The van der Waals surface area contributed by atoms with Crippen molar-refractivity contribution >= 4 is 6.21 Å². The van der Waals surface area contributed by atoms with E-state index in [2.05, 4.69) is 19.9 Å². The summed E-state index contributed by atoms with van der Waals surface area (Å²) in [5.41, 5.74) is 4.91. The Bertz CT molecular complexity index is 731. The van der Waals surface area contributed by atoms with Crippen LogP contribution < -0.4 is 0 Å². The molecule has 0 aromatic heterocycles. The van der Waals surface area contributed by atoms with E-state index in [9.17, 15) is 9.50 Å². The lowest BCUT2D eigenvalue weighted by molar-refractivity contribution is 0.0836. The Kier molecular flexibility index (Phi) is 3.31. The summed E-state index contributed by atoms with van der Waals surface area (Å²) < 4.78 is 13.2. The van der Waals surface area contributed by atoms with Crippen LogP contribution in [0.4, 0.5) is 4.39 Å². The summed E-state index contributed by atoms with van der Waals surface area (Å²) in [6.45, 7) is 4.37. The molecule has 3 aliphatic rings. The van der Waals surface area contributed by atoms with Crippen molar-refractivity contribution < 1.29 is 9.50 Å². The van der Waals surface area contributed by atoms with Crippen LogP contribution in [0, 0.1) is 17.2 Å². The average molecular weight is 311 g/mol. The third-order valence-corrected chi connectivity index (χ3v) is 5.98. The van der Waals surface area contributed by atoms with Crippen LogP contribution in [0.5, 0.6) is 0 Å². The largest absolute Gasteiger partial charge is 0.392 e. The highest BCUT2D eigenvalue weighted by Crippen LogP contribution is 2.53. The molecule has 0 radical (unpaired) electrons. The molecule has 1 saturated carbocycles. The SMILES string of the molecule is C[C@@H]1C2=C(C=NC1c1ccc(F)cc1)CC1(C)C(=C2)CCC1O. The molecule has 1 N–H and O–H groups in total. The number of rotatable bonds is 1. The van der Waals surface area contributed by atoms with E-state index in [-0.39, 0.29) is 29.3 Å². The van der Waals surface area contributed by atoms with Crippen molar-refractivity contribution in [1.82, 2.24) is 0 Å². The van der Waals surface area contributed by atoms with Gasteiger partial charge in [-0.05, 0) is 48.1 Å². The van der Waals surface area contributed by atoms with Gasteiger partial charge >= 0.3 is 0 Å². The van der Waals surface area contributed by atoms with Gasteiger partial charge in [0.05, 0.1) is 12.1 Å². The van der Waals surface area contributed by atoms with Gasteiger partial charge in [0.25, 0.3) is 0 Å². The molecule has 0 bridgehead atoms. The van der Waals surface area contributed by atoms with Gasteiger partial charge < -0.3 is 5.11 Å². The molecule has 1 fully saturated rings. The number of allylic oxidation sites excluding steroid dienone is 2. The molecule has 0 saturated heterocycles. The number of nitrogens with zero attached hydrogens (tertiary/aromatic N) is 1. The van der Waals surface area contributed by atoms with Crippen molar-refractivity contribution in [2.24, 2.45) is 16.3 Å². The van der Waals surface area contributed by atoms with E-state index in [4.69, 9.17) is 4.99 Å². The molecule has 1 aromatic rings. The Hall–Kier alpha value is -1.74. The van der Waals surface area contributed by atoms with Gasteiger partial charge in [-0.3, -0.25) is 4.99 Å². The first kappa shape index (κ1) is 14.8. The number of aliphatic hydroxyl groups is 1. The third kappa shape index (κ3) is 2.21. The highest BCUT2D eigenvalue weighted by molar-refractivity contribution is 5.83. The zero-order valence-corrected chi connectivity index (χ0v) is 13.6. The van der Waals surface area contributed by atoms with Gasteiger partial charge in [-0.15, -0.1) is 0 Å². The molecule has 1 aliphatic heterocycles. The lowest BCUT2D eigenvalue weighted by Gasteiger charge is -2.38. The van der Waals surface area contributed by atoms with E-state index in [1.165, 1.54) is 28.9 Å². The molecule has 23 heavy (non-hydrogen) atoms. The molecule has 0 spiro atoms. The summed E-state index contributed by atoms with van der Waals surface area (Å²) in [7, 11) is 0. The van der Waals surface area contributed by atoms with Crippen molar-refractivity contribution in [3.05, 3.63) is 58.4 Å². The lowest BCUT2D eigenvalue weighted by atomic mass is 9.69. The van der Waals surface area contributed by atoms with E-state index in [0.717, 1.165) is 24.8 Å². The molecule has 1 aromatic carbocycles. The van der Waals surface area contributed by atoms with Crippen molar-refractivity contribution in [3.8, 4) is 0 Å². The first-order valence-electron chi connectivity index (χ1n) is 8.40. The van der Waals surface area contributed by atoms with Crippen LogP contribution in [0.25, 0.3) is 0 Å². The van der Waals surface area contributed by atoms with Crippen LogP contribution in [0.2, 0.25) is 0 Å². The van der Waals surface area contributed by atoms with E-state index >= 15 is 0 Å². The zero-order chi connectivity index (χ0) is 16.2. The van der Waals surface area contributed by atoms with Gasteiger partial charge in [-0.1, -0.05) is 37.6 Å². The van der Waals surface area contributed by atoms with E-state index in [0.29, 0.717) is 0 Å². The van der Waals surface area contributed by atoms with Gasteiger partial charge in [0.15, 0.2) is 0 Å². The third-order valence-electron chi connectivity index (χ3n) is 5.98. The van der Waals surface area contributed by atoms with Crippen molar-refractivity contribution in [2.75, 3.05) is 0 Å². The topological polar surface area (TPSA) is 32.6 Å². The van der Waals surface area contributed by atoms with Crippen molar-refractivity contribution in [2.45, 2.75) is 45.3 Å². The van der Waals surface area contributed by atoms with Crippen LogP contribution >= 0.6 is 0 Å². The summed E-state index contributed by atoms with van der Waals surface area (Å²) >= 11 is 0. The lowest BCUT2D eigenvalue weighted by Crippen LogP contribution is -2.33. The van der Waals surface area contributed by atoms with Crippen molar-refractivity contribution in [3.63, 3.8) is 0 Å². The quantitative estimate of drug-likeness (QED) is 0.820. The summed E-state index contributed by atoms with van der Waals surface area (Å²) in [6, 6.07) is 6.72. The Morgan fingerprint density at radius 1 is 1.26 bits per heavy atom. The van der Waals surface area contributed by atoms with E-state index in [1.54, 1.807) is 0 Å². The number of dihydropyridines is 1. The Balaban J connectivity index is 1.68. The van der Waals surface area contributed by atoms with Gasteiger partial charge in [-0.25, -0.2) is 4.39 Å². The van der Waals surface area contributed by atoms with E-state index in [1.807, 2.05) is 18.3 Å². The highest BCUT2D eigenvalue weighted by atomic mass is 19.1. The summed E-state index contributed by atoms with van der Waals surface area (Å²) in [4.78, 5) is 4.75. The fraction of sp³-hybridized carbons (Fsp3) is 0.450. The highest BCUT2D eigenvalue weighted by Gasteiger charge is 2.45. The minimum Gasteiger partial charge on any atom is -0.392 e. The molecular weight excluding hydrogens is 289 g/mol. The number of halogens is 1. The second-order valence-electron chi connectivity index (χ2n) is 7.36. The van der Waals surface area contributed by atoms with Gasteiger partial charge in [-0.2, -0.15) is 0 Å². The van der Waals surface area contributed by atoms with Crippen LogP contribution in [-0.2, 0) is 0 Å². The molecule has 1 heterocycles. The minimum absolute atomic E-state index is 0.0434. The van der Waals surface area contributed by atoms with Crippen LogP contribution in [0.1, 0.15) is 44.7 Å². The minimum atomic E-state index is -0.249. The maximum atomic E-state index is 13.2. The predicted octanol–water partition coefficient (Wildman–Crippen LogP) is 4.38. The van der Waals surface area contributed by atoms with Gasteiger partial charge in [0.1, 0.15) is 5.82 Å². The fourth-order valence-electron chi connectivity index (χ4n) is 4.41. The molecule has 0 amide bonds. The Morgan fingerprint density at radius 2 is 2.00 bits per heavy atom. The first-order chi connectivity index (χ1) is 11.0. The second kappa shape index (κ2) is 5.13. The molecule has 3 unspecified atom stereocenters.